The summed E-state index contributed by atoms with van der Waals surface area (Å²) in [7, 11) is 0. The number of fused-ring (bicyclic) bond motifs is 1. The van der Waals surface area contributed by atoms with Gasteiger partial charge in [0.15, 0.2) is 0 Å². The lowest BCUT2D eigenvalue weighted by Gasteiger charge is -2.42. The highest BCUT2D eigenvalue weighted by Gasteiger charge is 2.34. The predicted octanol–water partition coefficient (Wildman–Crippen LogP) is 3.46. The third-order valence-electron chi connectivity index (χ3n) is 4.15. The number of para-hydroxylation sites is 1. The van der Waals surface area contributed by atoms with Gasteiger partial charge in [0.2, 0.25) is 0 Å². The maximum atomic E-state index is 3.75. The molecular weight excluding hydrogens is 182 g/mol. The molecule has 1 aromatic rings. The maximum absolute atomic E-state index is 3.75. The van der Waals surface area contributed by atoms with Gasteiger partial charge in [-0.3, -0.25) is 0 Å². The van der Waals surface area contributed by atoms with Crippen LogP contribution in [0.25, 0.3) is 0 Å². The fraction of sp³-hybridized carbons (Fsp3) is 0.571. The highest BCUT2D eigenvalue weighted by molar-refractivity contribution is 5.54. The molecule has 1 aliphatic carbocycles. The second kappa shape index (κ2) is 3.55. The molecule has 1 fully saturated rings. The van der Waals surface area contributed by atoms with Gasteiger partial charge in [0.05, 0.1) is 0 Å². The zero-order valence-corrected chi connectivity index (χ0v) is 9.37. The molecule has 1 aliphatic heterocycles. The van der Waals surface area contributed by atoms with Crippen molar-refractivity contribution < 1.29 is 0 Å². The molecule has 2 atom stereocenters. The van der Waals surface area contributed by atoms with Gasteiger partial charge in [0.1, 0.15) is 0 Å². The minimum absolute atomic E-state index is 0.730. The van der Waals surface area contributed by atoms with E-state index in [2.05, 4.69) is 36.5 Å². The van der Waals surface area contributed by atoms with Gasteiger partial charge >= 0.3 is 0 Å². The average Bonchev–Trinajstić information content (AvgIpc) is 2.16. The first kappa shape index (κ1) is 9.26. The SMILES string of the molecule is CC1Cc2ccccc2NC1C1CCC1. The summed E-state index contributed by atoms with van der Waals surface area (Å²) in [4.78, 5) is 0. The van der Waals surface area contributed by atoms with E-state index in [9.17, 15) is 0 Å². The topological polar surface area (TPSA) is 12.0 Å². The molecule has 0 radical (unpaired) electrons. The van der Waals surface area contributed by atoms with E-state index in [4.69, 9.17) is 0 Å². The summed E-state index contributed by atoms with van der Waals surface area (Å²) in [6, 6.07) is 9.51. The summed E-state index contributed by atoms with van der Waals surface area (Å²) in [5.41, 5.74) is 2.88. The molecular formula is C14H19N. The first-order valence-corrected chi connectivity index (χ1v) is 6.19. The van der Waals surface area contributed by atoms with Crippen LogP contribution in [0.2, 0.25) is 0 Å². The number of hydrogen-bond acceptors (Lipinski definition) is 1. The van der Waals surface area contributed by atoms with Crippen LogP contribution >= 0.6 is 0 Å². The number of rotatable bonds is 1. The van der Waals surface area contributed by atoms with Gasteiger partial charge in [0, 0.05) is 11.7 Å². The Morgan fingerprint density at radius 1 is 1.20 bits per heavy atom. The van der Waals surface area contributed by atoms with Crippen molar-refractivity contribution in [1.82, 2.24) is 0 Å². The van der Waals surface area contributed by atoms with Crippen LogP contribution in [0.15, 0.2) is 24.3 Å². The maximum Gasteiger partial charge on any atom is 0.0375 e. The van der Waals surface area contributed by atoms with Crippen LogP contribution in [0, 0.1) is 11.8 Å². The molecule has 1 N–H and O–H groups in total. The van der Waals surface area contributed by atoms with Gasteiger partial charge < -0.3 is 5.32 Å². The van der Waals surface area contributed by atoms with Crippen LogP contribution in [0.5, 0.6) is 0 Å². The summed E-state index contributed by atoms with van der Waals surface area (Å²) in [6.45, 7) is 2.39. The smallest absolute Gasteiger partial charge is 0.0375 e. The number of nitrogens with one attached hydrogen (secondary N) is 1. The van der Waals surface area contributed by atoms with Crippen LogP contribution in [-0.4, -0.2) is 6.04 Å². The number of hydrogen-bond donors (Lipinski definition) is 1. The van der Waals surface area contributed by atoms with Gasteiger partial charge in [0.25, 0.3) is 0 Å². The van der Waals surface area contributed by atoms with E-state index in [-0.39, 0.29) is 0 Å². The fourth-order valence-corrected chi connectivity index (χ4v) is 3.02. The number of benzene rings is 1. The second-order valence-corrected chi connectivity index (χ2v) is 5.20. The zero-order valence-electron chi connectivity index (χ0n) is 9.37. The molecule has 0 aromatic heterocycles. The molecule has 0 saturated heterocycles. The van der Waals surface area contributed by atoms with Gasteiger partial charge in [-0.15, -0.1) is 0 Å². The summed E-state index contributed by atoms with van der Waals surface area (Å²) in [5.74, 6) is 1.73. The lowest BCUT2D eigenvalue weighted by Crippen LogP contribution is -2.42. The van der Waals surface area contributed by atoms with Crippen LogP contribution in [0.4, 0.5) is 5.69 Å². The molecule has 1 saturated carbocycles. The van der Waals surface area contributed by atoms with Crippen molar-refractivity contribution >= 4 is 5.69 Å². The second-order valence-electron chi connectivity index (χ2n) is 5.20. The van der Waals surface area contributed by atoms with E-state index >= 15 is 0 Å². The van der Waals surface area contributed by atoms with E-state index in [1.807, 2.05) is 0 Å². The minimum atomic E-state index is 0.730. The van der Waals surface area contributed by atoms with E-state index < -0.39 is 0 Å². The Morgan fingerprint density at radius 2 is 2.00 bits per heavy atom. The molecule has 0 spiro atoms. The molecule has 80 valence electrons. The van der Waals surface area contributed by atoms with Gasteiger partial charge in [-0.2, -0.15) is 0 Å². The quantitative estimate of drug-likeness (QED) is 0.733. The Balaban J connectivity index is 1.85. The van der Waals surface area contributed by atoms with Crippen molar-refractivity contribution in [2.45, 2.75) is 38.6 Å². The van der Waals surface area contributed by atoms with E-state index in [1.165, 1.54) is 36.9 Å². The third-order valence-corrected chi connectivity index (χ3v) is 4.15. The first-order chi connectivity index (χ1) is 7.34. The van der Waals surface area contributed by atoms with Gasteiger partial charge in [-0.1, -0.05) is 31.5 Å². The Bertz CT molecular complexity index is 354. The lowest BCUT2D eigenvalue weighted by molar-refractivity contribution is 0.225. The van der Waals surface area contributed by atoms with Crippen molar-refractivity contribution in [1.29, 1.82) is 0 Å². The van der Waals surface area contributed by atoms with Gasteiger partial charge in [-0.25, -0.2) is 0 Å². The molecule has 1 aromatic carbocycles. The lowest BCUT2D eigenvalue weighted by atomic mass is 9.72. The highest BCUT2D eigenvalue weighted by atomic mass is 15.0. The Morgan fingerprint density at radius 3 is 2.73 bits per heavy atom. The molecule has 1 nitrogen and oxygen atoms in total. The molecule has 1 heterocycles. The van der Waals surface area contributed by atoms with Crippen LogP contribution in [0.1, 0.15) is 31.7 Å². The Kier molecular flexibility index (Phi) is 2.19. The van der Waals surface area contributed by atoms with E-state index in [1.54, 1.807) is 0 Å². The Labute approximate surface area is 91.9 Å². The van der Waals surface area contributed by atoms with Crippen LogP contribution in [-0.2, 0) is 6.42 Å². The minimum Gasteiger partial charge on any atom is -0.382 e. The molecule has 15 heavy (non-hydrogen) atoms. The molecule has 2 unspecified atom stereocenters. The fourth-order valence-electron chi connectivity index (χ4n) is 3.02. The van der Waals surface area contributed by atoms with E-state index in [0.29, 0.717) is 0 Å². The molecule has 2 aliphatic rings. The third kappa shape index (κ3) is 1.54. The molecule has 3 rings (SSSR count). The van der Waals surface area contributed by atoms with Crippen molar-refractivity contribution in [3.8, 4) is 0 Å². The average molecular weight is 201 g/mol. The Hall–Kier alpha value is -0.980. The van der Waals surface area contributed by atoms with E-state index in [0.717, 1.165) is 17.9 Å². The predicted molar refractivity (Wildman–Crippen MR) is 64.1 cm³/mol. The summed E-state index contributed by atoms with van der Waals surface area (Å²) in [6.07, 6.45) is 5.57. The molecule has 1 heteroatoms. The van der Waals surface area contributed by atoms with Crippen molar-refractivity contribution in [3.63, 3.8) is 0 Å². The summed E-state index contributed by atoms with van der Waals surface area (Å²) >= 11 is 0. The molecule has 0 bridgehead atoms. The standard InChI is InChI=1S/C14H19N/c1-10-9-12-5-2-3-8-13(12)15-14(10)11-6-4-7-11/h2-3,5,8,10-11,14-15H,4,6-7,9H2,1H3. The first-order valence-electron chi connectivity index (χ1n) is 6.19. The van der Waals surface area contributed by atoms with Crippen molar-refractivity contribution in [2.75, 3.05) is 5.32 Å². The van der Waals surface area contributed by atoms with Crippen molar-refractivity contribution in [2.24, 2.45) is 11.8 Å². The summed E-state index contributed by atoms with van der Waals surface area (Å²) < 4.78 is 0. The van der Waals surface area contributed by atoms with Crippen LogP contribution < -0.4 is 5.32 Å². The highest BCUT2D eigenvalue weighted by Crippen LogP contribution is 2.39. The largest absolute Gasteiger partial charge is 0.382 e. The molecule has 0 amide bonds. The van der Waals surface area contributed by atoms with Crippen LogP contribution in [0.3, 0.4) is 0 Å². The van der Waals surface area contributed by atoms with Gasteiger partial charge in [-0.05, 0) is 42.7 Å². The summed E-state index contributed by atoms with van der Waals surface area (Å²) in [5, 5.41) is 3.75. The zero-order chi connectivity index (χ0) is 10.3. The number of anilines is 1. The normalized spacial score (nSPS) is 30.2. The van der Waals surface area contributed by atoms with Crippen molar-refractivity contribution in [3.05, 3.63) is 29.8 Å². The monoisotopic (exact) mass is 201 g/mol.